The van der Waals surface area contributed by atoms with E-state index in [2.05, 4.69) is 56.4 Å². The Morgan fingerprint density at radius 2 is 0.871 bits per heavy atom. The van der Waals surface area contributed by atoms with Crippen LogP contribution in [0.25, 0.3) is 0 Å². The fourth-order valence-electron chi connectivity index (χ4n) is 8.29. The van der Waals surface area contributed by atoms with Crippen LogP contribution >= 0.6 is 0 Å². The highest BCUT2D eigenvalue weighted by molar-refractivity contribution is 5.70. The second-order valence-corrected chi connectivity index (χ2v) is 19.0. The Morgan fingerprint density at radius 1 is 0.457 bits per heavy atom. The third-order valence-electron chi connectivity index (χ3n) is 12.8. The van der Waals surface area contributed by atoms with Crippen molar-refractivity contribution in [3.63, 3.8) is 0 Å². The maximum absolute atomic E-state index is 13.0. The Kier molecular flexibility index (Phi) is 38.0. The molecule has 0 radical (unpaired) electrons. The van der Waals surface area contributed by atoms with Crippen molar-refractivity contribution in [1.82, 2.24) is 0 Å². The van der Waals surface area contributed by atoms with E-state index in [4.69, 9.17) is 28.4 Å². The summed E-state index contributed by atoms with van der Waals surface area (Å²) < 4.78 is 33.6. The van der Waals surface area contributed by atoms with Gasteiger partial charge in [-0.3, -0.25) is 9.59 Å². The first-order valence-corrected chi connectivity index (χ1v) is 27.2. The van der Waals surface area contributed by atoms with Crippen LogP contribution in [0.3, 0.4) is 0 Å². The molecule has 15 heteroatoms. The molecule has 2 aliphatic heterocycles. The van der Waals surface area contributed by atoms with Gasteiger partial charge in [0.05, 0.1) is 19.8 Å². The number of carbonyl (C=O) groups excluding carboxylic acids is 2. The van der Waals surface area contributed by atoms with Gasteiger partial charge in [-0.05, 0) is 70.6 Å². The Morgan fingerprint density at radius 3 is 1.41 bits per heavy atom. The minimum atomic E-state index is -1.77. The van der Waals surface area contributed by atoms with Crippen molar-refractivity contribution in [3.05, 3.63) is 48.6 Å². The number of esters is 2. The number of hydrogen-bond donors (Lipinski definition) is 7. The van der Waals surface area contributed by atoms with Gasteiger partial charge in [-0.25, -0.2) is 0 Å². The summed E-state index contributed by atoms with van der Waals surface area (Å²) in [4.78, 5) is 25.8. The molecule has 0 aliphatic carbocycles. The van der Waals surface area contributed by atoms with Gasteiger partial charge >= 0.3 is 11.9 Å². The molecule has 0 amide bonds. The predicted molar refractivity (Wildman–Crippen MR) is 270 cm³/mol. The number of unbranched alkanes of at least 4 members (excludes halogenated alkanes) is 20. The average Bonchev–Trinajstić information content (AvgIpc) is 3.35. The molecule has 2 saturated heterocycles. The summed E-state index contributed by atoms with van der Waals surface area (Å²) in [6.07, 6.45) is 30.0. The van der Waals surface area contributed by atoms with Gasteiger partial charge in [0.1, 0.15) is 55.4 Å². The van der Waals surface area contributed by atoms with E-state index in [1.165, 1.54) is 96.3 Å². The van der Waals surface area contributed by atoms with E-state index in [0.717, 1.165) is 51.4 Å². The standard InChI is InChI=1S/C55H96O15/c1-3-5-7-9-11-13-15-17-19-21-23-25-27-29-31-33-35-37-46(57)65-40-43(68-47(58)38-36-34-32-30-28-26-24-22-20-18-16-14-12-10-8-6-4-2)41-66-54-53(64)51(62)49(60)45(70-54)42-67-55-52(63)50(61)48(59)44(39-56)69-55/h14,16-17,19,23,25,29,31,43-45,48-56,59-64H,3-13,15,18,20-22,24,26-28,30,32-42H2,1-2H3/b16-14+,19-17+,25-23+,31-29+/t43-,44+,45+,48-,49-,50?,51?,52?,53?,54+,55+/m0/s1. The van der Waals surface area contributed by atoms with Crippen molar-refractivity contribution in [2.24, 2.45) is 0 Å². The first-order valence-electron chi connectivity index (χ1n) is 27.2. The van der Waals surface area contributed by atoms with E-state index < -0.39 is 99.3 Å². The van der Waals surface area contributed by atoms with Crippen molar-refractivity contribution >= 4 is 11.9 Å². The number of rotatable bonds is 42. The summed E-state index contributed by atoms with van der Waals surface area (Å²) in [5.41, 5.74) is 0. The summed E-state index contributed by atoms with van der Waals surface area (Å²) in [5, 5.41) is 72.1. The first kappa shape index (κ1) is 63.6. The normalized spacial score (nSPS) is 25.7. The van der Waals surface area contributed by atoms with Crippen molar-refractivity contribution in [2.75, 3.05) is 26.4 Å². The molecule has 2 heterocycles. The lowest BCUT2D eigenvalue weighted by molar-refractivity contribution is -0.332. The number of carbonyl (C=O) groups is 2. The van der Waals surface area contributed by atoms with Crippen LogP contribution in [-0.2, 0) is 38.0 Å². The lowest BCUT2D eigenvalue weighted by Crippen LogP contribution is -2.61. The highest BCUT2D eigenvalue weighted by Crippen LogP contribution is 2.26. The molecule has 2 aliphatic rings. The summed E-state index contributed by atoms with van der Waals surface area (Å²) in [6.45, 7) is 2.53. The number of aliphatic hydroxyl groups excluding tert-OH is 7. The Hall–Kier alpha value is -2.54. The van der Waals surface area contributed by atoms with Crippen molar-refractivity contribution in [1.29, 1.82) is 0 Å². The van der Waals surface area contributed by atoms with Gasteiger partial charge in [-0.2, -0.15) is 0 Å². The zero-order valence-electron chi connectivity index (χ0n) is 43.0. The zero-order valence-corrected chi connectivity index (χ0v) is 43.0. The molecule has 0 aromatic carbocycles. The van der Waals surface area contributed by atoms with Crippen LogP contribution in [0.1, 0.15) is 194 Å². The smallest absolute Gasteiger partial charge is 0.306 e. The lowest BCUT2D eigenvalue weighted by Gasteiger charge is -2.42. The van der Waals surface area contributed by atoms with Crippen LogP contribution < -0.4 is 0 Å². The molecule has 4 unspecified atom stereocenters. The fourth-order valence-corrected chi connectivity index (χ4v) is 8.29. The van der Waals surface area contributed by atoms with Crippen LogP contribution in [0.15, 0.2) is 48.6 Å². The molecule has 11 atom stereocenters. The summed E-state index contributed by atoms with van der Waals surface area (Å²) in [6, 6.07) is 0. The quantitative estimate of drug-likeness (QED) is 0.0173. The van der Waals surface area contributed by atoms with E-state index >= 15 is 0 Å². The van der Waals surface area contributed by atoms with Gasteiger partial charge in [-0.15, -0.1) is 0 Å². The number of aliphatic hydroxyl groups is 7. The number of hydrogen-bond acceptors (Lipinski definition) is 15. The second-order valence-electron chi connectivity index (χ2n) is 19.0. The van der Waals surface area contributed by atoms with Crippen molar-refractivity contribution in [3.8, 4) is 0 Å². The van der Waals surface area contributed by atoms with Gasteiger partial charge in [0.2, 0.25) is 0 Å². The maximum atomic E-state index is 13.0. The topological polar surface area (TPSA) is 231 Å². The van der Waals surface area contributed by atoms with Crippen LogP contribution in [0.4, 0.5) is 0 Å². The maximum Gasteiger partial charge on any atom is 0.306 e. The zero-order chi connectivity index (χ0) is 51.0. The molecule has 0 aromatic heterocycles. The molecule has 0 spiro atoms. The second kappa shape index (κ2) is 41.9. The highest BCUT2D eigenvalue weighted by atomic mass is 16.7. The average molecular weight is 997 g/mol. The Labute approximate surface area is 420 Å². The van der Waals surface area contributed by atoms with E-state index in [-0.39, 0.29) is 19.4 Å². The molecule has 7 N–H and O–H groups in total. The lowest BCUT2D eigenvalue weighted by atomic mass is 9.98. The third kappa shape index (κ3) is 29.2. The van der Waals surface area contributed by atoms with Crippen molar-refractivity contribution < 1.29 is 73.8 Å². The Balaban J connectivity index is 1.81. The first-order chi connectivity index (χ1) is 34.0. The van der Waals surface area contributed by atoms with Gasteiger partial charge < -0.3 is 64.2 Å². The summed E-state index contributed by atoms with van der Waals surface area (Å²) >= 11 is 0. The van der Waals surface area contributed by atoms with Crippen LogP contribution in [-0.4, -0.2) is 142 Å². The van der Waals surface area contributed by atoms with E-state index in [1.54, 1.807) is 0 Å². The molecular weight excluding hydrogens is 901 g/mol. The van der Waals surface area contributed by atoms with Crippen LogP contribution in [0.2, 0.25) is 0 Å². The molecule has 0 aromatic rings. The van der Waals surface area contributed by atoms with E-state index in [9.17, 15) is 45.3 Å². The summed E-state index contributed by atoms with van der Waals surface area (Å²) in [5.74, 6) is -0.987. The largest absolute Gasteiger partial charge is 0.462 e. The molecule has 70 heavy (non-hydrogen) atoms. The van der Waals surface area contributed by atoms with E-state index in [1.807, 2.05) is 6.08 Å². The van der Waals surface area contributed by atoms with Crippen molar-refractivity contribution in [2.45, 2.75) is 261 Å². The molecule has 406 valence electrons. The van der Waals surface area contributed by atoms with Gasteiger partial charge in [-0.1, -0.05) is 159 Å². The van der Waals surface area contributed by atoms with E-state index in [0.29, 0.717) is 19.3 Å². The van der Waals surface area contributed by atoms with Gasteiger partial charge in [0.15, 0.2) is 18.7 Å². The van der Waals surface area contributed by atoms with Gasteiger partial charge in [0.25, 0.3) is 0 Å². The summed E-state index contributed by atoms with van der Waals surface area (Å²) in [7, 11) is 0. The highest BCUT2D eigenvalue weighted by Gasteiger charge is 2.47. The molecule has 15 nitrogen and oxygen atoms in total. The van der Waals surface area contributed by atoms with Gasteiger partial charge in [0, 0.05) is 12.8 Å². The fraction of sp³-hybridized carbons (Fsp3) is 0.818. The number of ether oxygens (including phenoxy) is 6. The molecule has 0 saturated carbocycles. The minimum absolute atomic E-state index is 0.145. The van der Waals surface area contributed by atoms with Crippen LogP contribution in [0, 0.1) is 0 Å². The SMILES string of the molecule is CCCCCC/C=C/CCCCCCCCCCCC(=O)O[C@@H](COC(=O)CCC/C=C/C/C=C/C/C=C/CCCCCCCC)CO[C@@H]1O[C@H](CO[C@@H]2O[C@H](CO)[C@H](O)C(O)C2O)[C@H](O)C(O)C1O. The predicted octanol–water partition coefficient (Wildman–Crippen LogP) is 8.27. The third-order valence-corrected chi connectivity index (χ3v) is 12.8. The number of allylic oxidation sites excluding steroid dienone is 8. The Bertz CT molecular complexity index is 1400. The monoisotopic (exact) mass is 997 g/mol. The molecule has 2 fully saturated rings. The molecule has 0 bridgehead atoms. The van der Waals surface area contributed by atoms with Crippen LogP contribution in [0.5, 0.6) is 0 Å². The molecular formula is C55H96O15. The molecule has 2 rings (SSSR count). The minimum Gasteiger partial charge on any atom is -0.462 e.